The Balaban J connectivity index is 1.64. The lowest BCUT2D eigenvalue weighted by molar-refractivity contribution is 0.0644. The lowest BCUT2D eigenvalue weighted by Crippen LogP contribution is -2.30. The lowest BCUT2D eigenvalue weighted by atomic mass is 10.1. The highest BCUT2D eigenvalue weighted by Gasteiger charge is 2.08. The first-order valence-electron chi connectivity index (χ1n) is 7.72. The highest BCUT2D eigenvalue weighted by Crippen LogP contribution is 2.16. The van der Waals surface area contributed by atoms with Gasteiger partial charge in [0.2, 0.25) is 0 Å². The van der Waals surface area contributed by atoms with Gasteiger partial charge >= 0.3 is 6.03 Å². The summed E-state index contributed by atoms with van der Waals surface area (Å²) < 4.78 is 31.9. The fourth-order valence-electron chi connectivity index (χ4n) is 2.11. The van der Waals surface area contributed by atoms with Crippen molar-refractivity contribution in [2.45, 2.75) is 19.4 Å². The second-order valence-electron chi connectivity index (χ2n) is 5.28. The molecule has 0 heterocycles. The summed E-state index contributed by atoms with van der Waals surface area (Å²) >= 11 is 0. The molecule has 0 bridgehead atoms. The smallest absolute Gasteiger partial charge is 0.319 e. The zero-order valence-corrected chi connectivity index (χ0v) is 13.4. The van der Waals surface area contributed by atoms with Gasteiger partial charge in [0.25, 0.3) is 0 Å². The summed E-state index contributed by atoms with van der Waals surface area (Å²) in [5, 5.41) is 4.93. The van der Waals surface area contributed by atoms with Crippen molar-refractivity contribution in [3.05, 3.63) is 65.7 Å². The number of hydrogen-bond acceptors (Lipinski definition) is 2. The number of carbonyl (C=O) groups is 1. The van der Waals surface area contributed by atoms with Crippen LogP contribution in [0.3, 0.4) is 0 Å². The molecule has 0 aliphatic rings. The van der Waals surface area contributed by atoms with Gasteiger partial charge in [-0.1, -0.05) is 30.3 Å². The largest absolute Gasteiger partial charge is 0.374 e. The molecular formula is C18H20F2N2O2. The van der Waals surface area contributed by atoms with E-state index in [1.54, 1.807) is 0 Å². The molecule has 0 fully saturated rings. The van der Waals surface area contributed by atoms with Crippen LogP contribution in [0.2, 0.25) is 0 Å². The molecule has 0 saturated carbocycles. The Kier molecular flexibility index (Phi) is 6.69. The molecule has 0 aromatic heterocycles. The summed E-state index contributed by atoms with van der Waals surface area (Å²) in [6.07, 6.45) is 0.601. The van der Waals surface area contributed by atoms with Gasteiger partial charge in [0.1, 0.15) is 11.6 Å². The number of rotatable bonds is 7. The van der Waals surface area contributed by atoms with E-state index in [4.69, 9.17) is 4.74 Å². The first-order valence-corrected chi connectivity index (χ1v) is 7.72. The summed E-state index contributed by atoms with van der Waals surface area (Å²) in [7, 11) is 0. The molecular weight excluding hydrogens is 314 g/mol. The van der Waals surface area contributed by atoms with Gasteiger partial charge in [-0.05, 0) is 31.0 Å². The Bertz CT molecular complexity index is 665. The summed E-state index contributed by atoms with van der Waals surface area (Å²) in [5.74, 6) is -1.51. The highest BCUT2D eigenvalue weighted by molar-refractivity contribution is 5.89. The first-order chi connectivity index (χ1) is 11.6. The molecule has 2 amide bonds. The van der Waals surface area contributed by atoms with Gasteiger partial charge < -0.3 is 15.4 Å². The second-order valence-corrected chi connectivity index (χ2v) is 5.28. The van der Waals surface area contributed by atoms with Crippen LogP contribution >= 0.6 is 0 Å². The Morgan fingerprint density at radius 2 is 1.92 bits per heavy atom. The van der Waals surface area contributed by atoms with Crippen LogP contribution < -0.4 is 10.6 Å². The Morgan fingerprint density at radius 1 is 1.17 bits per heavy atom. The number of urea groups is 1. The number of carbonyl (C=O) groups excluding carboxylic acids is 1. The summed E-state index contributed by atoms with van der Waals surface area (Å²) in [4.78, 5) is 11.6. The summed E-state index contributed by atoms with van der Waals surface area (Å²) in [6.45, 7) is 2.84. The predicted octanol–water partition coefficient (Wildman–Crippen LogP) is 4.25. The molecule has 0 aliphatic heterocycles. The molecule has 6 heteroatoms. The molecule has 0 radical (unpaired) electrons. The van der Waals surface area contributed by atoms with Crippen molar-refractivity contribution in [3.63, 3.8) is 0 Å². The van der Waals surface area contributed by atoms with Crippen LogP contribution in [0.5, 0.6) is 0 Å². The maximum absolute atomic E-state index is 13.4. The highest BCUT2D eigenvalue weighted by atomic mass is 19.1. The van der Waals surface area contributed by atoms with Gasteiger partial charge in [-0.25, -0.2) is 13.6 Å². The van der Waals surface area contributed by atoms with Gasteiger partial charge in [0.05, 0.1) is 11.8 Å². The van der Waals surface area contributed by atoms with E-state index in [-0.39, 0.29) is 11.8 Å². The normalized spacial score (nSPS) is 11.8. The zero-order valence-electron chi connectivity index (χ0n) is 13.4. The maximum atomic E-state index is 13.4. The van der Waals surface area contributed by atoms with Crippen molar-refractivity contribution >= 4 is 11.7 Å². The molecule has 128 valence electrons. The SMILES string of the molecule is C[C@H](OCCCNC(=O)Nc1ccc(F)cc1F)c1ccccc1. The van der Waals surface area contributed by atoms with Gasteiger partial charge in [0.15, 0.2) is 0 Å². The van der Waals surface area contributed by atoms with E-state index in [9.17, 15) is 13.6 Å². The molecule has 2 rings (SSSR count). The first kappa shape index (κ1) is 17.9. The van der Waals surface area contributed by atoms with Crippen molar-refractivity contribution < 1.29 is 18.3 Å². The average molecular weight is 334 g/mol. The molecule has 2 aromatic carbocycles. The van der Waals surface area contributed by atoms with E-state index in [0.717, 1.165) is 11.6 Å². The zero-order chi connectivity index (χ0) is 17.4. The van der Waals surface area contributed by atoms with Crippen molar-refractivity contribution in [3.8, 4) is 0 Å². The van der Waals surface area contributed by atoms with Crippen LogP contribution in [-0.4, -0.2) is 19.2 Å². The molecule has 0 unspecified atom stereocenters. The van der Waals surface area contributed by atoms with Crippen LogP contribution in [0.25, 0.3) is 0 Å². The van der Waals surface area contributed by atoms with Gasteiger partial charge in [-0.2, -0.15) is 0 Å². The van der Waals surface area contributed by atoms with E-state index in [0.29, 0.717) is 25.6 Å². The van der Waals surface area contributed by atoms with Crippen LogP contribution in [0.4, 0.5) is 19.3 Å². The lowest BCUT2D eigenvalue weighted by Gasteiger charge is -2.13. The van der Waals surface area contributed by atoms with Crippen LogP contribution in [-0.2, 0) is 4.74 Å². The van der Waals surface area contributed by atoms with Gasteiger partial charge in [0, 0.05) is 19.2 Å². The Labute approximate surface area is 139 Å². The number of benzene rings is 2. The molecule has 2 N–H and O–H groups in total. The fourth-order valence-corrected chi connectivity index (χ4v) is 2.11. The van der Waals surface area contributed by atoms with E-state index < -0.39 is 17.7 Å². The van der Waals surface area contributed by atoms with Crippen molar-refractivity contribution in [2.24, 2.45) is 0 Å². The number of hydrogen-bond donors (Lipinski definition) is 2. The van der Waals surface area contributed by atoms with E-state index in [1.807, 2.05) is 37.3 Å². The number of halogens is 2. The topological polar surface area (TPSA) is 50.4 Å². The minimum atomic E-state index is -0.815. The number of anilines is 1. The van der Waals surface area contributed by atoms with Crippen molar-refractivity contribution in [1.29, 1.82) is 0 Å². The minimum absolute atomic E-state index is 0.0201. The average Bonchev–Trinajstić information content (AvgIpc) is 2.57. The van der Waals surface area contributed by atoms with Crippen LogP contribution in [0, 0.1) is 11.6 Å². The monoisotopic (exact) mass is 334 g/mol. The van der Waals surface area contributed by atoms with Gasteiger partial charge in [-0.3, -0.25) is 0 Å². The van der Waals surface area contributed by atoms with Crippen LogP contribution in [0.15, 0.2) is 48.5 Å². The minimum Gasteiger partial charge on any atom is -0.374 e. The maximum Gasteiger partial charge on any atom is 0.319 e. The van der Waals surface area contributed by atoms with E-state index in [2.05, 4.69) is 10.6 Å². The summed E-state index contributed by atoms with van der Waals surface area (Å²) in [6, 6.07) is 12.3. The van der Waals surface area contributed by atoms with E-state index >= 15 is 0 Å². The Morgan fingerprint density at radius 3 is 2.62 bits per heavy atom. The van der Waals surface area contributed by atoms with Crippen LogP contribution in [0.1, 0.15) is 25.0 Å². The number of amides is 2. The third-order valence-corrected chi connectivity index (χ3v) is 3.42. The van der Waals surface area contributed by atoms with Crippen molar-refractivity contribution in [1.82, 2.24) is 5.32 Å². The standard InChI is InChI=1S/C18H20F2N2O2/c1-13(14-6-3-2-4-7-14)24-11-5-10-21-18(23)22-17-9-8-15(19)12-16(17)20/h2-4,6-9,12-13H,5,10-11H2,1H3,(H2,21,22,23)/t13-/m0/s1. The van der Waals surface area contributed by atoms with Gasteiger partial charge in [-0.15, -0.1) is 0 Å². The summed E-state index contributed by atoms with van der Waals surface area (Å²) in [5.41, 5.74) is 1.03. The number of ether oxygens (including phenoxy) is 1. The molecule has 0 aliphatic carbocycles. The molecule has 0 saturated heterocycles. The quantitative estimate of drug-likeness (QED) is 0.744. The van der Waals surface area contributed by atoms with E-state index in [1.165, 1.54) is 6.07 Å². The molecule has 2 aromatic rings. The number of nitrogens with one attached hydrogen (secondary N) is 2. The fraction of sp³-hybridized carbons (Fsp3) is 0.278. The third kappa shape index (κ3) is 5.62. The molecule has 1 atom stereocenters. The van der Waals surface area contributed by atoms with Crippen molar-refractivity contribution in [2.75, 3.05) is 18.5 Å². The second kappa shape index (κ2) is 8.98. The predicted molar refractivity (Wildman–Crippen MR) is 88.8 cm³/mol. The Hall–Kier alpha value is -2.47. The third-order valence-electron chi connectivity index (χ3n) is 3.42. The molecule has 4 nitrogen and oxygen atoms in total. The molecule has 24 heavy (non-hydrogen) atoms. The molecule has 0 spiro atoms.